The molecule has 1 amide bonds. The van der Waals surface area contributed by atoms with E-state index in [9.17, 15) is 18.7 Å². The van der Waals surface area contributed by atoms with Crippen molar-refractivity contribution in [3.63, 3.8) is 0 Å². The van der Waals surface area contributed by atoms with Crippen molar-refractivity contribution in [3.05, 3.63) is 83.9 Å². The minimum absolute atomic E-state index is 0.0354. The number of ether oxygens (including phenoxy) is 2. The molecular formula is C26H32F2N2O4. The van der Waals surface area contributed by atoms with Crippen molar-refractivity contribution in [2.45, 2.75) is 56.6 Å². The van der Waals surface area contributed by atoms with E-state index in [4.69, 9.17) is 9.47 Å². The molecule has 0 aliphatic heterocycles. The first-order valence-corrected chi connectivity index (χ1v) is 11.5. The van der Waals surface area contributed by atoms with Gasteiger partial charge in [0.1, 0.15) is 18.2 Å². The molecule has 8 heteroatoms. The summed E-state index contributed by atoms with van der Waals surface area (Å²) >= 11 is 0. The minimum Gasteiger partial charge on any atom is -0.445 e. The Balaban J connectivity index is 1.58. The van der Waals surface area contributed by atoms with E-state index in [-0.39, 0.29) is 31.7 Å². The minimum atomic E-state index is -1.01. The van der Waals surface area contributed by atoms with Crippen LogP contribution in [0.4, 0.5) is 13.6 Å². The molecule has 4 atom stereocenters. The molecule has 0 spiro atoms. The van der Waals surface area contributed by atoms with Gasteiger partial charge in [0.05, 0.1) is 24.9 Å². The lowest BCUT2D eigenvalue weighted by Crippen LogP contribution is -2.50. The Hall–Kier alpha value is -2.81. The van der Waals surface area contributed by atoms with Crippen LogP contribution >= 0.6 is 0 Å². The molecule has 0 heterocycles. The SMILES string of the molecule is C=CCO[C@H]1CC[C@@H](NC[C@@H](O)[C@H](Cc2cc(F)cc(F)c2)NC(=O)OCc2ccccc2)C1. The first kappa shape index (κ1) is 25.8. The molecule has 1 saturated carbocycles. The number of amides is 1. The summed E-state index contributed by atoms with van der Waals surface area (Å²) in [5.41, 5.74) is 1.14. The maximum Gasteiger partial charge on any atom is 0.407 e. The molecule has 1 fully saturated rings. The molecule has 3 N–H and O–H groups in total. The number of aliphatic hydroxyl groups excluding tert-OH is 1. The van der Waals surface area contributed by atoms with E-state index in [2.05, 4.69) is 17.2 Å². The summed E-state index contributed by atoms with van der Waals surface area (Å²) < 4.78 is 38.3. The molecule has 6 nitrogen and oxygen atoms in total. The lowest BCUT2D eigenvalue weighted by atomic mass is 10.0. The van der Waals surface area contributed by atoms with Crippen LogP contribution in [0.3, 0.4) is 0 Å². The zero-order chi connectivity index (χ0) is 24.3. The van der Waals surface area contributed by atoms with Gasteiger partial charge in [0.15, 0.2) is 0 Å². The zero-order valence-electron chi connectivity index (χ0n) is 19.1. The summed E-state index contributed by atoms with van der Waals surface area (Å²) in [7, 11) is 0. The average Bonchev–Trinajstić information content (AvgIpc) is 3.27. The summed E-state index contributed by atoms with van der Waals surface area (Å²) in [5, 5.41) is 16.8. The van der Waals surface area contributed by atoms with Crippen LogP contribution in [0.25, 0.3) is 0 Å². The molecule has 1 aliphatic rings. The van der Waals surface area contributed by atoms with Crippen LogP contribution in [0.5, 0.6) is 0 Å². The second kappa shape index (κ2) is 13.2. The molecular weight excluding hydrogens is 442 g/mol. The van der Waals surface area contributed by atoms with E-state index in [1.165, 1.54) is 12.1 Å². The maximum atomic E-state index is 13.7. The number of carbonyl (C=O) groups is 1. The molecule has 3 rings (SSSR count). The first-order valence-electron chi connectivity index (χ1n) is 11.5. The number of alkyl carbamates (subject to hydrolysis) is 1. The predicted molar refractivity (Wildman–Crippen MR) is 125 cm³/mol. The Morgan fingerprint density at radius 1 is 1.15 bits per heavy atom. The van der Waals surface area contributed by atoms with Gasteiger partial charge >= 0.3 is 6.09 Å². The standard InChI is InChI=1S/C26H32F2N2O4/c1-2-10-33-23-9-8-22(15-23)29-16-25(31)24(13-19-11-20(27)14-21(28)12-19)30-26(32)34-17-18-6-4-3-5-7-18/h2-7,11-12,14,22-25,29,31H,1,8-10,13,15-17H2,(H,30,32)/t22-,23+,24+,25-/m1/s1. The highest BCUT2D eigenvalue weighted by Gasteiger charge is 2.28. The fourth-order valence-corrected chi connectivity index (χ4v) is 4.09. The van der Waals surface area contributed by atoms with Crippen molar-refractivity contribution in [2.24, 2.45) is 0 Å². The molecule has 1 aliphatic carbocycles. The van der Waals surface area contributed by atoms with E-state index in [0.717, 1.165) is 30.9 Å². The quantitative estimate of drug-likeness (QED) is 0.407. The van der Waals surface area contributed by atoms with Gasteiger partial charge in [0.25, 0.3) is 0 Å². The number of rotatable bonds is 12. The number of carbonyl (C=O) groups excluding carboxylic acids is 1. The van der Waals surface area contributed by atoms with Crippen molar-refractivity contribution in [1.29, 1.82) is 0 Å². The van der Waals surface area contributed by atoms with Gasteiger partial charge in [-0.2, -0.15) is 0 Å². The highest BCUT2D eigenvalue weighted by molar-refractivity contribution is 5.67. The van der Waals surface area contributed by atoms with E-state index in [1.54, 1.807) is 6.08 Å². The van der Waals surface area contributed by atoms with Gasteiger partial charge < -0.3 is 25.2 Å². The third-order valence-electron chi connectivity index (χ3n) is 5.81. The maximum absolute atomic E-state index is 13.7. The summed E-state index contributed by atoms with van der Waals surface area (Å²) in [6, 6.07) is 11.7. The van der Waals surface area contributed by atoms with Crippen molar-refractivity contribution in [1.82, 2.24) is 10.6 Å². The normalized spacial score (nSPS) is 19.4. The van der Waals surface area contributed by atoms with Crippen LogP contribution in [0.15, 0.2) is 61.2 Å². The van der Waals surface area contributed by atoms with Gasteiger partial charge in [0, 0.05) is 18.7 Å². The van der Waals surface area contributed by atoms with Crippen LogP contribution in [0.2, 0.25) is 0 Å². The van der Waals surface area contributed by atoms with Crippen molar-refractivity contribution in [3.8, 4) is 0 Å². The molecule has 0 unspecified atom stereocenters. The lowest BCUT2D eigenvalue weighted by Gasteiger charge is -2.26. The number of nitrogens with one attached hydrogen (secondary N) is 2. The molecule has 34 heavy (non-hydrogen) atoms. The Morgan fingerprint density at radius 3 is 2.59 bits per heavy atom. The van der Waals surface area contributed by atoms with Gasteiger partial charge in [-0.1, -0.05) is 36.4 Å². The highest BCUT2D eigenvalue weighted by atomic mass is 19.1. The number of aliphatic hydroxyl groups is 1. The van der Waals surface area contributed by atoms with E-state index in [1.807, 2.05) is 30.3 Å². The third-order valence-corrected chi connectivity index (χ3v) is 5.81. The van der Waals surface area contributed by atoms with Crippen LogP contribution in [0, 0.1) is 11.6 Å². The van der Waals surface area contributed by atoms with Crippen LogP contribution in [-0.4, -0.2) is 48.6 Å². The molecule has 0 aromatic heterocycles. The Bertz CT molecular complexity index is 908. The molecule has 184 valence electrons. The first-order chi connectivity index (χ1) is 16.4. The number of hydrogen-bond acceptors (Lipinski definition) is 5. The van der Waals surface area contributed by atoms with Gasteiger partial charge in [-0.3, -0.25) is 0 Å². The number of halogens is 2. The Labute approximate surface area is 199 Å². The summed E-state index contributed by atoms with van der Waals surface area (Å²) in [5.74, 6) is -1.44. The average molecular weight is 475 g/mol. The largest absolute Gasteiger partial charge is 0.445 e. The number of benzene rings is 2. The smallest absolute Gasteiger partial charge is 0.407 e. The van der Waals surface area contributed by atoms with E-state index < -0.39 is 29.9 Å². The van der Waals surface area contributed by atoms with Crippen LogP contribution in [0.1, 0.15) is 30.4 Å². The summed E-state index contributed by atoms with van der Waals surface area (Å²) in [6.07, 6.45) is 2.79. The molecule has 0 bridgehead atoms. The van der Waals surface area contributed by atoms with Gasteiger partial charge in [0.2, 0.25) is 0 Å². The Morgan fingerprint density at radius 2 is 1.88 bits per heavy atom. The topological polar surface area (TPSA) is 79.8 Å². The molecule has 2 aromatic carbocycles. The van der Waals surface area contributed by atoms with E-state index >= 15 is 0 Å². The highest BCUT2D eigenvalue weighted by Crippen LogP contribution is 2.22. The van der Waals surface area contributed by atoms with Gasteiger partial charge in [-0.05, 0) is 48.9 Å². The fraction of sp³-hybridized carbons (Fsp3) is 0.423. The van der Waals surface area contributed by atoms with Crippen LogP contribution in [-0.2, 0) is 22.5 Å². The molecule has 2 aromatic rings. The van der Waals surface area contributed by atoms with Crippen molar-refractivity contribution < 1.29 is 28.2 Å². The Kier molecular flexibility index (Phi) is 10.00. The fourth-order valence-electron chi connectivity index (χ4n) is 4.09. The van der Waals surface area contributed by atoms with Gasteiger partial charge in [-0.25, -0.2) is 13.6 Å². The summed E-state index contributed by atoms with van der Waals surface area (Å²) in [4.78, 5) is 12.4. The lowest BCUT2D eigenvalue weighted by molar-refractivity contribution is 0.0763. The van der Waals surface area contributed by atoms with Crippen LogP contribution < -0.4 is 10.6 Å². The number of hydrogen-bond donors (Lipinski definition) is 3. The monoisotopic (exact) mass is 474 g/mol. The van der Waals surface area contributed by atoms with Crippen molar-refractivity contribution in [2.75, 3.05) is 13.2 Å². The van der Waals surface area contributed by atoms with Gasteiger partial charge in [-0.15, -0.1) is 6.58 Å². The molecule has 0 radical (unpaired) electrons. The predicted octanol–water partition coefficient (Wildman–Crippen LogP) is 3.88. The van der Waals surface area contributed by atoms with E-state index in [0.29, 0.717) is 12.2 Å². The molecule has 0 saturated heterocycles. The second-order valence-corrected chi connectivity index (χ2v) is 8.52. The second-order valence-electron chi connectivity index (χ2n) is 8.52. The zero-order valence-corrected chi connectivity index (χ0v) is 19.1. The van der Waals surface area contributed by atoms with Crippen molar-refractivity contribution >= 4 is 6.09 Å². The third kappa shape index (κ3) is 8.52. The summed E-state index contributed by atoms with van der Waals surface area (Å²) in [6.45, 7) is 4.42.